The van der Waals surface area contributed by atoms with Crippen molar-refractivity contribution in [2.45, 2.75) is 0 Å². The maximum Gasteiger partial charge on any atom is 0.169 e. The van der Waals surface area contributed by atoms with Gasteiger partial charge < -0.3 is 0 Å². The standard InChI is InChI=1S/C12H6Cl2FNO/c13-8-3-1-7(2-4-8)12-10(15)5-9(14)11(6-17)16-12/h1-6H. The van der Waals surface area contributed by atoms with E-state index >= 15 is 0 Å². The molecule has 0 saturated heterocycles. The molecule has 2 nitrogen and oxygen atoms in total. The number of halogens is 3. The molecule has 0 bridgehead atoms. The molecule has 0 aliphatic rings. The van der Waals surface area contributed by atoms with Crippen molar-refractivity contribution in [1.29, 1.82) is 0 Å². The van der Waals surface area contributed by atoms with Crippen molar-refractivity contribution in [1.82, 2.24) is 4.98 Å². The number of aromatic nitrogens is 1. The third-order valence-corrected chi connectivity index (χ3v) is 2.74. The summed E-state index contributed by atoms with van der Waals surface area (Å²) >= 11 is 11.4. The first-order chi connectivity index (χ1) is 8.11. The molecule has 0 amide bonds. The number of hydrogen-bond acceptors (Lipinski definition) is 2. The molecule has 17 heavy (non-hydrogen) atoms. The average molecular weight is 270 g/mol. The molecular formula is C12H6Cl2FNO. The Morgan fingerprint density at radius 3 is 2.41 bits per heavy atom. The van der Waals surface area contributed by atoms with Gasteiger partial charge in [-0.2, -0.15) is 0 Å². The van der Waals surface area contributed by atoms with Crippen LogP contribution >= 0.6 is 23.2 Å². The lowest BCUT2D eigenvalue weighted by Crippen LogP contribution is -1.96. The lowest BCUT2D eigenvalue weighted by molar-refractivity contribution is 0.111. The van der Waals surface area contributed by atoms with Gasteiger partial charge in [-0.05, 0) is 18.2 Å². The Morgan fingerprint density at radius 1 is 1.18 bits per heavy atom. The summed E-state index contributed by atoms with van der Waals surface area (Å²) < 4.78 is 13.7. The summed E-state index contributed by atoms with van der Waals surface area (Å²) in [6, 6.07) is 7.55. The fourth-order valence-electron chi connectivity index (χ4n) is 1.37. The fourth-order valence-corrected chi connectivity index (χ4v) is 1.68. The van der Waals surface area contributed by atoms with Crippen LogP contribution in [0.3, 0.4) is 0 Å². The maximum atomic E-state index is 13.7. The van der Waals surface area contributed by atoms with E-state index in [0.29, 0.717) is 16.9 Å². The lowest BCUT2D eigenvalue weighted by atomic mass is 10.1. The zero-order valence-electron chi connectivity index (χ0n) is 8.45. The van der Waals surface area contributed by atoms with Gasteiger partial charge in [-0.25, -0.2) is 9.37 Å². The summed E-state index contributed by atoms with van der Waals surface area (Å²) in [5, 5.41) is 0.536. The summed E-state index contributed by atoms with van der Waals surface area (Å²) in [5.41, 5.74) is 0.623. The largest absolute Gasteiger partial charge is 0.296 e. The Hall–Kier alpha value is -1.45. The van der Waals surface area contributed by atoms with Crippen LogP contribution in [0.4, 0.5) is 4.39 Å². The second-order valence-electron chi connectivity index (χ2n) is 3.31. The van der Waals surface area contributed by atoms with Crippen LogP contribution in [0.2, 0.25) is 10.0 Å². The van der Waals surface area contributed by atoms with Crippen molar-refractivity contribution in [3.63, 3.8) is 0 Å². The summed E-state index contributed by atoms with van der Waals surface area (Å²) in [6.45, 7) is 0. The number of rotatable bonds is 2. The smallest absolute Gasteiger partial charge is 0.169 e. The van der Waals surface area contributed by atoms with E-state index in [9.17, 15) is 9.18 Å². The van der Waals surface area contributed by atoms with E-state index in [0.717, 1.165) is 6.07 Å². The SMILES string of the molecule is O=Cc1nc(-c2ccc(Cl)cc2)c(F)cc1Cl. The molecule has 0 fully saturated rings. The second kappa shape index (κ2) is 4.82. The van der Waals surface area contributed by atoms with E-state index < -0.39 is 5.82 Å². The Bertz CT molecular complexity index is 569. The molecule has 1 heterocycles. The predicted octanol–water partition coefficient (Wildman–Crippen LogP) is 4.01. The average Bonchev–Trinajstić information content (AvgIpc) is 2.31. The normalized spacial score (nSPS) is 10.3. The van der Waals surface area contributed by atoms with Gasteiger partial charge in [0.05, 0.1) is 5.02 Å². The number of aldehydes is 1. The highest BCUT2D eigenvalue weighted by Gasteiger charge is 2.11. The summed E-state index contributed by atoms with van der Waals surface area (Å²) in [7, 11) is 0. The van der Waals surface area contributed by atoms with E-state index in [4.69, 9.17) is 23.2 Å². The topological polar surface area (TPSA) is 30.0 Å². The van der Waals surface area contributed by atoms with Gasteiger partial charge in [-0.15, -0.1) is 0 Å². The minimum absolute atomic E-state index is 0.00443. The van der Waals surface area contributed by atoms with Crippen LogP contribution in [0, 0.1) is 5.82 Å². The van der Waals surface area contributed by atoms with E-state index in [2.05, 4.69) is 4.98 Å². The van der Waals surface area contributed by atoms with Crippen molar-refractivity contribution >= 4 is 29.5 Å². The molecule has 0 N–H and O–H groups in total. The molecule has 0 radical (unpaired) electrons. The molecule has 0 saturated carbocycles. The highest BCUT2D eigenvalue weighted by atomic mass is 35.5. The number of carbonyl (C=O) groups is 1. The number of hydrogen-bond donors (Lipinski definition) is 0. The molecule has 0 aliphatic heterocycles. The first kappa shape index (κ1) is 12.0. The monoisotopic (exact) mass is 269 g/mol. The molecule has 86 valence electrons. The van der Waals surface area contributed by atoms with Gasteiger partial charge in [0.15, 0.2) is 12.1 Å². The fraction of sp³-hybridized carbons (Fsp3) is 0. The van der Waals surface area contributed by atoms with Crippen LogP contribution in [0.1, 0.15) is 10.5 Å². The first-order valence-electron chi connectivity index (χ1n) is 4.69. The Balaban J connectivity index is 2.58. The summed E-state index contributed by atoms with van der Waals surface area (Å²) in [6.07, 6.45) is 0.487. The molecule has 0 spiro atoms. The molecule has 5 heteroatoms. The van der Waals surface area contributed by atoms with E-state index in [-0.39, 0.29) is 16.4 Å². The lowest BCUT2D eigenvalue weighted by Gasteiger charge is -2.05. The van der Waals surface area contributed by atoms with Crippen LogP contribution in [0.5, 0.6) is 0 Å². The van der Waals surface area contributed by atoms with Crippen molar-refractivity contribution in [2.75, 3.05) is 0 Å². The summed E-state index contributed by atoms with van der Waals surface area (Å²) in [4.78, 5) is 14.6. The Labute approximate surface area is 107 Å². The number of benzene rings is 1. The minimum Gasteiger partial charge on any atom is -0.296 e. The van der Waals surface area contributed by atoms with Crippen LogP contribution in [0.25, 0.3) is 11.3 Å². The molecule has 2 aromatic rings. The Kier molecular flexibility index (Phi) is 3.41. The molecule has 0 atom stereocenters. The highest BCUT2D eigenvalue weighted by Crippen LogP contribution is 2.25. The van der Waals surface area contributed by atoms with Gasteiger partial charge in [-0.1, -0.05) is 35.3 Å². The molecule has 0 aliphatic carbocycles. The van der Waals surface area contributed by atoms with Crippen LogP contribution in [-0.2, 0) is 0 Å². The van der Waals surface area contributed by atoms with E-state index in [1.807, 2.05) is 0 Å². The third-order valence-electron chi connectivity index (χ3n) is 2.19. The van der Waals surface area contributed by atoms with E-state index in [1.165, 1.54) is 0 Å². The quantitative estimate of drug-likeness (QED) is 0.772. The third kappa shape index (κ3) is 2.46. The van der Waals surface area contributed by atoms with Crippen molar-refractivity contribution in [2.24, 2.45) is 0 Å². The highest BCUT2D eigenvalue weighted by molar-refractivity contribution is 6.32. The van der Waals surface area contributed by atoms with Crippen molar-refractivity contribution < 1.29 is 9.18 Å². The molecule has 0 unspecified atom stereocenters. The molecule has 1 aromatic heterocycles. The predicted molar refractivity (Wildman–Crippen MR) is 65.0 cm³/mol. The van der Waals surface area contributed by atoms with Gasteiger partial charge in [0.25, 0.3) is 0 Å². The minimum atomic E-state index is -0.581. The Morgan fingerprint density at radius 2 is 1.82 bits per heavy atom. The molecule has 1 aromatic carbocycles. The maximum absolute atomic E-state index is 13.7. The van der Waals surface area contributed by atoms with Crippen LogP contribution in [-0.4, -0.2) is 11.3 Å². The first-order valence-corrected chi connectivity index (χ1v) is 5.44. The number of nitrogens with zero attached hydrogens (tertiary/aromatic N) is 1. The summed E-state index contributed by atoms with van der Waals surface area (Å²) in [5.74, 6) is -0.581. The molecule has 2 rings (SSSR count). The zero-order chi connectivity index (χ0) is 12.4. The van der Waals surface area contributed by atoms with Gasteiger partial charge in [0.1, 0.15) is 11.4 Å². The van der Waals surface area contributed by atoms with Gasteiger partial charge in [0.2, 0.25) is 0 Å². The zero-order valence-corrected chi connectivity index (χ0v) is 9.97. The van der Waals surface area contributed by atoms with Crippen molar-refractivity contribution in [3.05, 3.63) is 51.9 Å². The molecular weight excluding hydrogens is 264 g/mol. The van der Waals surface area contributed by atoms with Crippen molar-refractivity contribution in [3.8, 4) is 11.3 Å². The van der Waals surface area contributed by atoms with Crippen LogP contribution < -0.4 is 0 Å². The van der Waals surface area contributed by atoms with Gasteiger partial charge in [-0.3, -0.25) is 4.79 Å². The van der Waals surface area contributed by atoms with Gasteiger partial charge >= 0.3 is 0 Å². The number of pyridine rings is 1. The van der Waals surface area contributed by atoms with E-state index in [1.54, 1.807) is 24.3 Å². The second-order valence-corrected chi connectivity index (χ2v) is 4.15. The van der Waals surface area contributed by atoms with Gasteiger partial charge in [0, 0.05) is 10.6 Å². The number of carbonyl (C=O) groups excluding carboxylic acids is 1. The van der Waals surface area contributed by atoms with Crippen LogP contribution in [0.15, 0.2) is 30.3 Å².